The van der Waals surface area contributed by atoms with E-state index in [9.17, 15) is 15.3 Å². The molecule has 0 aliphatic heterocycles. The van der Waals surface area contributed by atoms with Crippen LogP contribution in [-0.2, 0) is 5.41 Å². The number of allylic oxidation sites excluding steroid dienone is 1. The van der Waals surface area contributed by atoms with Gasteiger partial charge in [0.05, 0.1) is 6.10 Å². The van der Waals surface area contributed by atoms with Crippen LogP contribution in [-0.4, -0.2) is 21.4 Å². The molecule has 1 aliphatic rings. The van der Waals surface area contributed by atoms with Gasteiger partial charge in [0.25, 0.3) is 0 Å². The molecular weight excluding hydrogens is 348 g/mol. The second-order valence-electron chi connectivity index (χ2n) is 9.24. The normalized spacial score (nSPS) is 23.0. The summed E-state index contributed by atoms with van der Waals surface area (Å²) in [6.07, 6.45) is 6.53. The van der Waals surface area contributed by atoms with Gasteiger partial charge in [-0.15, -0.1) is 0 Å². The van der Waals surface area contributed by atoms with E-state index < -0.39 is 12.0 Å². The van der Waals surface area contributed by atoms with Crippen LogP contribution in [0.1, 0.15) is 89.7 Å². The summed E-state index contributed by atoms with van der Waals surface area (Å²) in [5.41, 5.74) is 2.92. The van der Waals surface area contributed by atoms with E-state index in [1.807, 2.05) is 6.92 Å². The van der Waals surface area contributed by atoms with Crippen molar-refractivity contribution >= 4 is 0 Å². The van der Waals surface area contributed by atoms with Gasteiger partial charge in [0.1, 0.15) is 11.5 Å². The average Bonchev–Trinajstić information content (AvgIpc) is 2.61. The number of aliphatic hydroxyl groups is 1. The quantitative estimate of drug-likeness (QED) is 0.361. The molecule has 1 aromatic rings. The minimum absolute atomic E-state index is 0.00482. The summed E-state index contributed by atoms with van der Waals surface area (Å²) < 4.78 is 0. The summed E-state index contributed by atoms with van der Waals surface area (Å²) in [6, 6.07) is 3.54. The lowest BCUT2D eigenvalue weighted by atomic mass is 9.68. The van der Waals surface area contributed by atoms with E-state index in [0.717, 1.165) is 42.4 Å². The van der Waals surface area contributed by atoms with Crippen LogP contribution in [0.5, 0.6) is 11.5 Å². The standard InChI is InChI=1S/C25H38O3/c1-7-8-9-10-13-25(5,6)18-14-20(26)23(21(27)15-18)22-19(16(2)3)12-11-17(4)24(22)28/h14-15,19,22,24,26-28H,2,4,7-13H2,1,3,5-6H3/t19-,22+,24?/m1/s1. The second-order valence-corrected chi connectivity index (χ2v) is 9.24. The Bertz CT molecular complexity index is 693. The smallest absolute Gasteiger partial charge is 0.123 e. The molecule has 0 aromatic heterocycles. The van der Waals surface area contributed by atoms with Gasteiger partial charge in [-0.3, -0.25) is 0 Å². The van der Waals surface area contributed by atoms with E-state index in [4.69, 9.17) is 0 Å². The molecule has 0 heterocycles. The van der Waals surface area contributed by atoms with Crippen LogP contribution in [0.25, 0.3) is 0 Å². The van der Waals surface area contributed by atoms with Crippen LogP contribution in [0, 0.1) is 5.92 Å². The fourth-order valence-electron chi connectivity index (χ4n) is 4.55. The summed E-state index contributed by atoms with van der Waals surface area (Å²) in [6.45, 7) is 16.5. The molecule has 1 unspecified atom stereocenters. The number of hydrogen-bond donors (Lipinski definition) is 3. The molecule has 3 N–H and O–H groups in total. The largest absolute Gasteiger partial charge is 0.508 e. The van der Waals surface area contributed by atoms with Crippen LogP contribution in [0.3, 0.4) is 0 Å². The SMILES string of the molecule is C=C1CC[C@H](C(=C)C)[C@@H](c2c(O)cc(C(C)(C)CCCCCC)cc2O)C1O. The molecular formula is C25H38O3. The Morgan fingerprint density at radius 3 is 2.29 bits per heavy atom. The van der Waals surface area contributed by atoms with Crippen LogP contribution in [0.4, 0.5) is 0 Å². The molecule has 3 nitrogen and oxygen atoms in total. The van der Waals surface area contributed by atoms with Gasteiger partial charge in [0.15, 0.2) is 0 Å². The lowest BCUT2D eigenvalue weighted by Gasteiger charge is -2.38. The minimum Gasteiger partial charge on any atom is -0.508 e. The van der Waals surface area contributed by atoms with Gasteiger partial charge < -0.3 is 15.3 Å². The van der Waals surface area contributed by atoms with Crippen molar-refractivity contribution in [2.24, 2.45) is 5.92 Å². The molecule has 156 valence electrons. The summed E-state index contributed by atoms with van der Waals surface area (Å²) in [7, 11) is 0. The summed E-state index contributed by atoms with van der Waals surface area (Å²) >= 11 is 0. The van der Waals surface area contributed by atoms with E-state index in [0.29, 0.717) is 5.56 Å². The van der Waals surface area contributed by atoms with Crippen molar-refractivity contribution in [3.8, 4) is 11.5 Å². The molecule has 1 saturated carbocycles. The maximum atomic E-state index is 10.9. The lowest BCUT2D eigenvalue weighted by molar-refractivity contribution is 0.126. The Balaban J connectivity index is 2.37. The predicted molar refractivity (Wildman–Crippen MR) is 117 cm³/mol. The van der Waals surface area contributed by atoms with Crippen molar-refractivity contribution < 1.29 is 15.3 Å². The highest BCUT2D eigenvalue weighted by molar-refractivity contribution is 5.52. The van der Waals surface area contributed by atoms with Crippen LogP contribution in [0.15, 0.2) is 36.4 Å². The summed E-state index contributed by atoms with van der Waals surface area (Å²) in [5, 5.41) is 32.5. The molecule has 0 saturated heterocycles. The third-order valence-corrected chi connectivity index (χ3v) is 6.51. The van der Waals surface area contributed by atoms with Gasteiger partial charge in [-0.25, -0.2) is 0 Å². The van der Waals surface area contributed by atoms with Crippen LogP contribution >= 0.6 is 0 Å². The van der Waals surface area contributed by atoms with Gasteiger partial charge in [0, 0.05) is 11.5 Å². The average molecular weight is 387 g/mol. The van der Waals surface area contributed by atoms with E-state index in [1.54, 1.807) is 12.1 Å². The maximum Gasteiger partial charge on any atom is 0.123 e. The first-order valence-electron chi connectivity index (χ1n) is 10.7. The number of aliphatic hydroxyl groups excluding tert-OH is 1. The molecule has 0 amide bonds. The predicted octanol–water partition coefficient (Wildman–Crippen LogP) is 6.33. The zero-order chi connectivity index (χ0) is 21.1. The van der Waals surface area contributed by atoms with Crippen molar-refractivity contribution in [3.05, 3.63) is 47.6 Å². The fraction of sp³-hybridized carbons (Fsp3) is 0.600. The first-order chi connectivity index (χ1) is 13.1. The van der Waals surface area contributed by atoms with Gasteiger partial charge in [-0.05, 0) is 60.8 Å². The van der Waals surface area contributed by atoms with E-state index in [2.05, 4.69) is 33.9 Å². The van der Waals surface area contributed by atoms with Gasteiger partial charge in [-0.1, -0.05) is 65.2 Å². The molecule has 2 rings (SSSR count). The Labute approximate surface area is 170 Å². The summed E-state index contributed by atoms with van der Waals surface area (Å²) in [5.74, 6) is -0.297. The molecule has 0 radical (unpaired) electrons. The number of hydrogen-bond acceptors (Lipinski definition) is 3. The molecule has 28 heavy (non-hydrogen) atoms. The Morgan fingerprint density at radius 2 is 1.75 bits per heavy atom. The Kier molecular flexibility index (Phi) is 7.39. The fourth-order valence-corrected chi connectivity index (χ4v) is 4.55. The first-order valence-corrected chi connectivity index (χ1v) is 10.7. The van der Waals surface area contributed by atoms with E-state index >= 15 is 0 Å². The third kappa shape index (κ3) is 4.81. The third-order valence-electron chi connectivity index (χ3n) is 6.51. The van der Waals surface area contributed by atoms with E-state index in [-0.39, 0.29) is 22.8 Å². The topological polar surface area (TPSA) is 60.7 Å². The monoisotopic (exact) mass is 386 g/mol. The highest BCUT2D eigenvalue weighted by Gasteiger charge is 2.39. The lowest BCUT2D eigenvalue weighted by Crippen LogP contribution is -2.33. The van der Waals surface area contributed by atoms with Crippen LogP contribution in [0.2, 0.25) is 0 Å². The molecule has 1 fully saturated rings. The molecule has 1 aliphatic carbocycles. The zero-order valence-electron chi connectivity index (χ0n) is 18.1. The zero-order valence-corrected chi connectivity index (χ0v) is 18.1. The first kappa shape index (κ1) is 22.5. The van der Waals surface area contributed by atoms with Gasteiger partial charge in [-0.2, -0.15) is 0 Å². The molecule has 3 heteroatoms. The Hall–Kier alpha value is -1.74. The van der Waals surface area contributed by atoms with Crippen molar-refractivity contribution in [2.75, 3.05) is 0 Å². The second kappa shape index (κ2) is 9.17. The highest BCUT2D eigenvalue weighted by atomic mass is 16.3. The van der Waals surface area contributed by atoms with Crippen LogP contribution < -0.4 is 0 Å². The number of aromatic hydroxyl groups is 2. The number of unbranched alkanes of at least 4 members (excludes halogenated alkanes) is 3. The Morgan fingerprint density at radius 1 is 1.14 bits per heavy atom. The van der Waals surface area contributed by atoms with Gasteiger partial charge in [0.2, 0.25) is 0 Å². The molecule has 1 aromatic carbocycles. The van der Waals surface area contributed by atoms with Crippen molar-refractivity contribution in [3.63, 3.8) is 0 Å². The van der Waals surface area contributed by atoms with E-state index in [1.165, 1.54) is 19.3 Å². The number of rotatable bonds is 8. The van der Waals surface area contributed by atoms with Crippen molar-refractivity contribution in [2.45, 2.75) is 90.1 Å². The number of phenols is 2. The minimum atomic E-state index is -0.792. The number of benzene rings is 1. The highest BCUT2D eigenvalue weighted by Crippen LogP contribution is 2.49. The molecule has 0 spiro atoms. The summed E-state index contributed by atoms with van der Waals surface area (Å²) in [4.78, 5) is 0. The van der Waals surface area contributed by atoms with Crippen molar-refractivity contribution in [1.82, 2.24) is 0 Å². The maximum absolute atomic E-state index is 10.9. The molecule has 0 bridgehead atoms. The molecule has 3 atom stereocenters. The van der Waals surface area contributed by atoms with Gasteiger partial charge >= 0.3 is 0 Å². The van der Waals surface area contributed by atoms with Crippen molar-refractivity contribution in [1.29, 1.82) is 0 Å². The number of phenolic OH excluding ortho intramolecular Hbond substituents is 2.